The summed E-state index contributed by atoms with van der Waals surface area (Å²) in [4.78, 5) is 12.4. The molecule has 0 N–H and O–H groups in total. The molecule has 6 nitrogen and oxygen atoms in total. The van der Waals surface area contributed by atoms with Gasteiger partial charge in [-0.25, -0.2) is 4.79 Å². The van der Waals surface area contributed by atoms with Crippen LogP contribution in [0.4, 0.5) is 9.18 Å². The fourth-order valence-corrected chi connectivity index (χ4v) is 25.2. The summed E-state index contributed by atoms with van der Waals surface area (Å²) in [5.41, 5.74) is 0.600. The molecule has 0 bridgehead atoms. The van der Waals surface area contributed by atoms with Crippen LogP contribution in [0.1, 0.15) is 25.7 Å². The Balaban J connectivity index is 1.99. The highest BCUT2D eigenvalue weighted by atomic mass is 28.5. The molecular formula is C16H38FNO5Si5. The van der Waals surface area contributed by atoms with E-state index in [0.29, 0.717) is 5.54 Å². The van der Waals surface area contributed by atoms with E-state index in [1.807, 2.05) is 0 Å². The van der Waals surface area contributed by atoms with Gasteiger partial charge in [0.05, 0.1) is 8.07 Å². The molecule has 12 heteroatoms. The Morgan fingerprint density at radius 1 is 1.14 bits per heavy atom. The van der Waals surface area contributed by atoms with Crippen molar-refractivity contribution >= 4 is 50.6 Å². The van der Waals surface area contributed by atoms with E-state index in [1.165, 1.54) is 11.3 Å². The SMILES string of the molecule is CN(C(=O)F)C1CCCC([Si](C)(C)CC[Si]2(C)O[SiH](C)O[SiH](C)O[SiH](C)O2)C1. The molecule has 4 atom stereocenters. The van der Waals surface area contributed by atoms with Crippen molar-refractivity contribution in [3.8, 4) is 0 Å². The third-order valence-corrected chi connectivity index (χ3v) is 25.1. The first-order valence-corrected chi connectivity index (χ1v) is 22.6. The van der Waals surface area contributed by atoms with Crippen LogP contribution in [0.25, 0.3) is 0 Å². The summed E-state index contributed by atoms with van der Waals surface area (Å²) in [6, 6.07) is 2.15. The molecule has 28 heavy (non-hydrogen) atoms. The minimum Gasteiger partial charge on any atom is -0.420 e. The lowest BCUT2D eigenvalue weighted by Crippen LogP contribution is -2.54. The van der Waals surface area contributed by atoms with Crippen LogP contribution in [0.5, 0.6) is 0 Å². The monoisotopic (exact) mass is 483 g/mol. The van der Waals surface area contributed by atoms with E-state index in [4.69, 9.17) is 16.5 Å². The highest BCUT2D eigenvalue weighted by Crippen LogP contribution is 2.42. The summed E-state index contributed by atoms with van der Waals surface area (Å²) >= 11 is 0. The highest BCUT2D eigenvalue weighted by molar-refractivity contribution is 6.84. The minimum atomic E-state index is -2.30. The van der Waals surface area contributed by atoms with Crippen LogP contribution in [0.15, 0.2) is 0 Å². The number of carbonyl (C=O) groups is 1. The first-order valence-electron chi connectivity index (χ1n) is 10.5. The summed E-state index contributed by atoms with van der Waals surface area (Å²) < 4.78 is 38.1. The Kier molecular flexibility index (Phi) is 8.86. The molecule has 2 aliphatic rings. The van der Waals surface area contributed by atoms with Gasteiger partial charge in [0.1, 0.15) is 0 Å². The molecule has 0 aromatic rings. The van der Waals surface area contributed by atoms with E-state index in [2.05, 4.69) is 39.3 Å². The molecule has 2 fully saturated rings. The van der Waals surface area contributed by atoms with Crippen molar-refractivity contribution in [2.45, 2.75) is 88.6 Å². The normalized spacial score (nSPS) is 37.8. The van der Waals surface area contributed by atoms with Gasteiger partial charge in [0.25, 0.3) is 27.9 Å². The van der Waals surface area contributed by atoms with Crippen molar-refractivity contribution < 1.29 is 25.6 Å². The van der Waals surface area contributed by atoms with Crippen molar-refractivity contribution in [1.29, 1.82) is 0 Å². The third kappa shape index (κ3) is 6.94. The van der Waals surface area contributed by atoms with E-state index in [0.717, 1.165) is 31.4 Å². The second kappa shape index (κ2) is 10.1. The lowest BCUT2D eigenvalue weighted by molar-refractivity contribution is 0.152. The number of rotatable bonds is 5. The summed E-state index contributed by atoms with van der Waals surface area (Å²) in [5, 5.41) is 0. The van der Waals surface area contributed by atoms with Crippen LogP contribution in [0.3, 0.4) is 0 Å². The second-order valence-corrected chi connectivity index (χ2v) is 24.7. The van der Waals surface area contributed by atoms with Gasteiger partial charge in [-0.1, -0.05) is 32.0 Å². The largest absolute Gasteiger partial charge is 0.420 e. The molecule has 1 aliphatic heterocycles. The van der Waals surface area contributed by atoms with Gasteiger partial charge in [0.15, 0.2) is 0 Å². The fourth-order valence-electron chi connectivity index (χ4n) is 4.60. The molecule has 1 aliphatic carbocycles. The van der Waals surface area contributed by atoms with Crippen molar-refractivity contribution in [2.24, 2.45) is 0 Å². The van der Waals surface area contributed by atoms with Gasteiger partial charge < -0.3 is 21.4 Å². The van der Waals surface area contributed by atoms with Gasteiger partial charge in [0.2, 0.25) is 0 Å². The smallest absolute Gasteiger partial charge is 0.400 e. The summed E-state index contributed by atoms with van der Waals surface area (Å²) in [5.74, 6) is 0. The number of nitrogens with zero attached hydrogens (tertiary/aromatic N) is 1. The predicted octanol–water partition coefficient (Wildman–Crippen LogP) is 3.73. The maximum absolute atomic E-state index is 13.2. The molecule has 0 aromatic heterocycles. The lowest BCUT2D eigenvalue weighted by Gasteiger charge is -2.43. The molecule has 1 amide bonds. The number of hydrogen-bond acceptors (Lipinski definition) is 5. The Hall–Kier alpha value is 0.324. The Morgan fingerprint density at radius 2 is 1.71 bits per heavy atom. The van der Waals surface area contributed by atoms with Crippen LogP contribution in [-0.4, -0.2) is 68.6 Å². The van der Waals surface area contributed by atoms with E-state index < -0.39 is 50.6 Å². The number of hydrogen-bond donors (Lipinski definition) is 0. The lowest BCUT2D eigenvalue weighted by atomic mass is 9.94. The minimum absolute atomic E-state index is 0.0397. The summed E-state index contributed by atoms with van der Waals surface area (Å²) in [6.07, 6.45) is 2.79. The summed E-state index contributed by atoms with van der Waals surface area (Å²) in [6.45, 7) is 13.3. The molecule has 1 heterocycles. The molecule has 0 aromatic carbocycles. The first-order chi connectivity index (χ1) is 12.9. The summed E-state index contributed by atoms with van der Waals surface area (Å²) in [7, 11) is -7.29. The maximum atomic E-state index is 13.2. The van der Waals surface area contributed by atoms with Crippen molar-refractivity contribution in [1.82, 2.24) is 4.90 Å². The molecule has 1 saturated heterocycles. The van der Waals surface area contributed by atoms with Crippen LogP contribution < -0.4 is 0 Å². The molecule has 1 saturated carbocycles. The second-order valence-electron chi connectivity index (χ2n) is 9.21. The highest BCUT2D eigenvalue weighted by Gasteiger charge is 2.43. The Morgan fingerprint density at radius 3 is 2.25 bits per heavy atom. The molecular weight excluding hydrogens is 446 g/mol. The molecule has 0 radical (unpaired) electrons. The fraction of sp³-hybridized carbons (Fsp3) is 0.938. The first kappa shape index (κ1) is 24.6. The van der Waals surface area contributed by atoms with Crippen molar-refractivity contribution in [2.75, 3.05) is 7.05 Å². The van der Waals surface area contributed by atoms with Gasteiger partial charge in [-0.3, -0.25) is 0 Å². The standard InChI is InChI=1S/C16H38FNO5Si5/c1-18(16(17)19)14-9-8-10-15(13-14)27(5,6)11-12-28(7)22-25(3)20-24(2)21-26(4)23-28/h14-15,24-26H,8-13H2,1-7H3. The average molecular weight is 484 g/mol. The Bertz CT molecular complexity index is 532. The molecule has 2 rings (SSSR count). The number of carbonyl (C=O) groups excluding carboxylic acids is 1. The molecule has 0 spiro atoms. The van der Waals surface area contributed by atoms with Gasteiger partial charge in [-0.15, -0.1) is 4.39 Å². The molecule has 164 valence electrons. The zero-order chi connectivity index (χ0) is 21.1. The number of halogens is 1. The number of amides is 1. The van der Waals surface area contributed by atoms with Crippen LogP contribution >= 0.6 is 0 Å². The maximum Gasteiger partial charge on any atom is 0.400 e. The van der Waals surface area contributed by atoms with Gasteiger partial charge in [-0.2, -0.15) is 0 Å². The van der Waals surface area contributed by atoms with Crippen LogP contribution in [0, 0.1) is 0 Å². The zero-order valence-electron chi connectivity index (χ0n) is 18.5. The van der Waals surface area contributed by atoms with Crippen LogP contribution in [0.2, 0.25) is 56.9 Å². The van der Waals surface area contributed by atoms with Gasteiger partial charge in [0, 0.05) is 13.1 Å². The van der Waals surface area contributed by atoms with Gasteiger partial charge in [-0.05, 0) is 50.6 Å². The van der Waals surface area contributed by atoms with E-state index in [-0.39, 0.29) is 6.04 Å². The average Bonchev–Trinajstić information content (AvgIpc) is 2.58. The van der Waals surface area contributed by atoms with E-state index in [9.17, 15) is 9.18 Å². The van der Waals surface area contributed by atoms with Gasteiger partial charge >= 0.3 is 14.7 Å². The topological polar surface area (TPSA) is 57.2 Å². The van der Waals surface area contributed by atoms with Crippen LogP contribution in [-0.2, 0) is 16.5 Å². The molecule has 4 unspecified atom stereocenters. The zero-order valence-corrected chi connectivity index (χ0v) is 24.0. The quantitative estimate of drug-likeness (QED) is 0.339. The van der Waals surface area contributed by atoms with E-state index in [1.54, 1.807) is 7.05 Å². The predicted molar refractivity (Wildman–Crippen MR) is 122 cm³/mol. The van der Waals surface area contributed by atoms with E-state index >= 15 is 0 Å². The third-order valence-electron chi connectivity index (χ3n) is 6.40. The van der Waals surface area contributed by atoms with Crippen molar-refractivity contribution in [3.63, 3.8) is 0 Å². The van der Waals surface area contributed by atoms with Crippen molar-refractivity contribution in [3.05, 3.63) is 0 Å². The Labute approximate surface area is 176 Å².